The molecule has 0 aliphatic rings. The van der Waals surface area contributed by atoms with Crippen LogP contribution in [-0.4, -0.2) is 21.0 Å². The number of aliphatic hydroxyl groups is 1. The first-order valence-corrected chi connectivity index (χ1v) is 7.81. The van der Waals surface area contributed by atoms with Crippen molar-refractivity contribution >= 4 is 0 Å². The van der Waals surface area contributed by atoms with Gasteiger partial charge in [-0.25, -0.2) is 0 Å². The number of aryl methyl sites for hydroxylation is 2. The van der Waals surface area contributed by atoms with Crippen LogP contribution in [0.3, 0.4) is 0 Å². The van der Waals surface area contributed by atoms with Crippen LogP contribution < -0.4 is 0 Å². The molecule has 0 aliphatic heterocycles. The van der Waals surface area contributed by atoms with Crippen molar-refractivity contribution in [2.24, 2.45) is 7.05 Å². The largest absolute Gasteiger partial charge is 0.393 e. The van der Waals surface area contributed by atoms with E-state index in [4.69, 9.17) is 0 Å². The summed E-state index contributed by atoms with van der Waals surface area (Å²) in [7, 11) is 1.95. The van der Waals surface area contributed by atoms with Gasteiger partial charge in [-0.3, -0.25) is 4.68 Å². The Kier molecular flexibility index (Phi) is 7.80. The van der Waals surface area contributed by atoms with Crippen LogP contribution in [0, 0.1) is 6.92 Å². The van der Waals surface area contributed by atoms with Crippen LogP contribution in [0.5, 0.6) is 0 Å². The second-order valence-electron chi connectivity index (χ2n) is 5.67. The highest BCUT2D eigenvalue weighted by molar-refractivity contribution is 5.09. The van der Waals surface area contributed by atoms with Crippen LogP contribution in [0.25, 0.3) is 0 Å². The molecule has 1 aromatic heterocycles. The molecule has 0 aliphatic carbocycles. The van der Waals surface area contributed by atoms with Crippen molar-refractivity contribution in [1.29, 1.82) is 0 Å². The molecule has 1 heterocycles. The quantitative estimate of drug-likeness (QED) is 0.655. The summed E-state index contributed by atoms with van der Waals surface area (Å²) in [6.07, 6.45) is 10.5. The molecule has 1 aromatic rings. The van der Waals surface area contributed by atoms with E-state index in [0.29, 0.717) is 0 Å². The van der Waals surface area contributed by atoms with Gasteiger partial charge in [0.1, 0.15) is 0 Å². The van der Waals surface area contributed by atoms with Gasteiger partial charge < -0.3 is 5.11 Å². The fraction of sp³-hybridized carbons (Fsp3) is 0.812. The molecule has 19 heavy (non-hydrogen) atoms. The first-order chi connectivity index (χ1) is 9.13. The Morgan fingerprint density at radius 1 is 1.16 bits per heavy atom. The Bertz CT molecular complexity index is 347. The lowest BCUT2D eigenvalue weighted by Crippen LogP contribution is -2.13. The molecule has 1 N–H and O–H groups in total. The van der Waals surface area contributed by atoms with Crippen molar-refractivity contribution in [3.8, 4) is 0 Å². The molecule has 1 unspecified atom stereocenters. The second-order valence-corrected chi connectivity index (χ2v) is 5.67. The van der Waals surface area contributed by atoms with E-state index in [1.807, 2.05) is 18.7 Å². The first-order valence-electron chi connectivity index (χ1n) is 7.81. The Hall–Kier alpha value is -0.830. The molecular weight excluding hydrogens is 236 g/mol. The SMILES string of the molecule is CCCCCCCCCC(O)Cc1cc(C)nn1C. The molecular formula is C16H30N2O. The van der Waals surface area contributed by atoms with Crippen molar-refractivity contribution in [2.75, 3.05) is 0 Å². The van der Waals surface area contributed by atoms with Crippen molar-refractivity contribution in [1.82, 2.24) is 9.78 Å². The first kappa shape index (κ1) is 16.2. The lowest BCUT2D eigenvalue weighted by atomic mass is 10.0. The third-order valence-corrected chi connectivity index (χ3v) is 3.68. The summed E-state index contributed by atoms with van der Waals surface area (Å²) in [4.78, 5) is 0. The molecule has 110 valence electrons. The second kappa shape index (κ2) is 9.13. The number of nitrogens with zero attached hydrogens (tertiary/aromatic N) is 2. The summed E-state index contributed by atoms with van der Waals surface area (Å²) in [6, 6.07) is 2.06. The Morgan fingerprint density at radius 3 is 2.37 bits per heavy atom. The summed E-state index contributed by atoms with van der Waals surface area (Å²) < 4.78 is 1.88. The van der Waals surface area contributed by atoms with Gasteiger partial charge in [-0.1, -0.05) is 51.9 Å². The molecule has 0 bridgehead atoms. The molecule has 1 atom stereocenters. The van der Waals surface area contributed by atoms with E-state index in [0.717, 1.165) is 30.7 Å². The minimum atomic E-state index is -0.217. The lowest BCUT2D eigenvalue weighted by molar-refractivity contribution is 0.158. The average Bonchev–Trinajstić information content (AvgIpc) is 2.66. The van der Waals surface area contributed by atoms with Crippen LogP contribution in [-0.2, 0) is 13.5 Å². The summed E-state index contributed by atoms with van der Waals surface area (Å²) in [5.74, 6) is 0. The molecule has 1 rings (SSSR count). The number of unbranched alkanes of at least 4 members (excludes halogenated alkanes) is 6. The van der Waals surface area contributed by atoms with E-state index in [1.54, 1.807) is 0 Å². The molecule has 3 nitrogen and oxygen atoms in total. The standard InChI is InChI=1S/C16H30N2O/c1-4-5-6-7-8-9-10-11-16(19)13-15-12-14(2)17-18(15)3/h12,16,19H,4-11,13H2,1-3H3. The van der Waals surface area contributed by atoms with Gasteiger partial charge in [0, 0.05) is 19.2 Å². The Morgan fingerprint density at radius 2 is 1.79 bits per heavy atom. The van der Waals surface area contributed by atoms with E-state index < -0.39 is 0 Å². The fourth-order valence-corrected chi connectivity index (χ4v) is 2.54. The van der Waals surface area contributed by atoms with Crippen LogP contribution in [0.4, 0.5) is 0 Å². The fourth-order valence-electron chi connectivity index (χ4n) is 2.54. The lowest BCUT2D eigenvalue weighted by Gasteiger charge is -2.10. The van der Waals surface area contributed by atoms with Gasteiger partial charge in [0.05, 0.1) is 11.8 Å². The number of aromatic nitrogens is 2. The van der Waals surface area contributed by atoms with E-state index in [2.05, 4.69) is 18.1 Å². The van der Waals surface area contributed by atoms with Crippen molar-refractivity contribution < 1.29 is 5.11 Å². The monoisotopic (exact) mass is 266 g/mol. The predicted molar refractivity (Wildman–Crippen MR) is 80.3 cm³/mol. The average molecular weight is 266 g/mol. The van der Waals surface area contributed by atoms with E-state index in [1.165, 1.54) is 38.5 Å². The van der Waals surface area contributed by atoms with Crippen molar-refractivity contribution in [3.05, 3.63) is 17.5 Å². The molecule has 0 spiro atoms. The third-order valence-electron chi connectivity index (χ3n) is 3.68. The zero-order valence-corrected chi connectivity index (χ0v) is 12.9. The normalized spacial score (nSPS) is 12.8. The molecule has 0 saturated carbocycles. The molecule has 0 aromatic carbocycles. The van der Waals surface area contributed by atoms with Gasteiger partial charge in [0.25, 0.3) is 0 Å². The van der Waals surface area contributed by atoms with Gasteiger partial charge in [0.15, 0.2) is 0 Å². The van der Waals surface area contributed by atoms with Crippen molar-refractivity contribution in [3.63, 3.8) is 0 Å². The number of rotatable bonds is 10. The molecule has 0 saturated heterocycles. The summed E-state index contributed by atoms with van der Waals surface area (Å²) in [5, 5.41) is 14.3. The molecule has 0 fully saturated rings. The minimum absolute atomic E-state index is 0.217. The number of aliphatic hydroxyl groups excluding tert-OH is 1. The topological polar surface area (TPSA) is 38.1 Å². The summed E-state index contributed by atoms with van der Waals surface area (Å²) in [5.41, 5.74) is 2.16. The van der Waals surface area contributed by atoms with Crippen LogP contribution >= 0.6 is 0 Å². The number of hydrogen-bond acceptors (Lipinski definition) is 2. The van der Waals surface area contributed by atoms with Gasteiger partial charge in [0.2, 0.25) is 0 Å². The van der Waals surface area contributed by atoms with E-state index >= 15 is 0 Å². The molecule has 0 radical (unpaired) electrons. The van der Waals surface area contributed by atoms with Gasteiger partial charge in [-0.2, -0.15) is 5.10 Å². The third kappa shape index (κ3) is 6.76. The van der Waals surface area contributed by atoms with Crippen LogP contribution in [0.1, 0.15) is 69.7 Å². The van der Waals surface area contributed by atoms with Crippen LogP contribution in [0.2, 0.25) is 0 Å². The van der Waals surface area contributed by atoms with E-state index in [9.17, 15) is 5.11 Å². The maximum absolute atomic E-state index is 10.0. The Balaban J connectivity index is 2.08. The predicted octanol–water partition coefficient (Wildman–Crippen LogP) is 3.77. The smallest absolute Gasteiger partial charge is 0.0596 e. The van der Waals surface area contributed by atoms with Gasteiger partial charge >= 0.3 is 0 Å². The molecule has 0 amide bonds. The van der Waals surface area contributed by atoms with Crippen molar-refractivity contribution in [2.45, 2.75) is 77.7 Å². The Labute approximate surface area is 118 Å². The zero-order chi connectivity index (χ0) is 14.1. The highest BCUT2D eigenvalue weighted by Gasteiger charge is 2.09. The highest BCUT2D eigenvalue weighted by Crippen LogP contribution is 2.12. The summed E-state index contributed by atoms with van der Waals surface area (Å²) >= 11 is 0. The van der Waals surface area contributed by atoms with E-state index in [-0.39, 0.29) is 6.10 Å². The maximum atomic E-state index is 10.0. The summed E-state index contributed by atoms with van der Waals surface area (Å²) in [6.45, 7) is 4.24. The zero-order valence-electron chi connectivity index (χ0n) is 12.9. The van der Waals surface area contributed by atoms with Gasteiger partial charge in [-0.05, 0) is 19.4 Å². The highest BCUT2D eigenvalue weighted by atomic mass is 16.3. The molecule has 3 heteroatoms. The number of hydrogen-bond donors (Lipinski definition) is 1. The minimum Gasteiger partial charge on any atom is -0.393 e. The maximum Gasteiger partial charge on any atom is 0.0596 e. The van der Waals surface area contributed by atoms with Gasteiger partial charge in [-0.15, -0.1) is 0 Å². The van der Waals surface area contributed by atoms with Crippen LogP contribution in [0.15, 0.2) is 6.07 Å².